The van der Waals surface area contributed by atoms with Crippen molar-refractivity contribution < 1.29 is 9.84 Å². The second-order valence-electron chi connectivity index (χ2n) is 6.45. The summed E-state index contributed by atoms with van der Waals surface area (Å²) in [6, 6.07) is 14.6. The molecular weight excluding hydrogens is 286 g/mol. The predicted molar refractivity (Wildman–Crippen MR) is 94.9 cm³/mol. The predicted octanol–water partition coefficient (Wildman–Crippen LogP) is 4.45. The number of phenols is 1. The van der Waals surface area contributed by atoms with Crippen molar-refractivity contribution in [3.63, 3.8) is 0 Å². The van der Waals surface area contributed by atoms with E-state index in [1.807, 2.05) is 6.07 Å². The Morgan fingerprint density at radius 2 is 1.65 bits per heavy atom. The minimum Gasteiger partial charge on any atom is -0.504 e. The largest absolute Gasteiger partial charge is 0.504 e. The fourth-order valence-corrected chi connectivity index (χ4v) is 2.65. The average Bonchev–Trinajstić information content (AvgIpc) is 2.53. The molecule has 0 amide bonds. The van der Waals surface area contributed by atoms with Crippen LogP contribution < -0.4 is 10.1 Å². The molecule has 0 aromatic heterocycles. The number of nitrogens with one attached hydrogen (secondary N) is 1. The van der Waals surface area contributed by atoms with Crippen molar-refractivity contribution in [3.8, 4) is 11.5 Å². The number of rotatable bonds is 7. The molecule has 3 heteroatoms. The third kappa shape index (κ3) is 5.00. The third-order valence-corrected chi connectivity index (χ3v) is 3.98. The molecule has 3 nitrogen and oxygen atoms in total. The van der Waals surface area contributed by atoms with E-state index in [0.717, 1.165) is 12.0 Å². The summed E-state index contributed by atoms with van der Waals surface area (Å²) in [4.78, 5) is 0. The van der Waals surface area contributed by atoms with Gasteiger partial charge in [0.25, 0.3) is 0 Å². The fraction of sp³-hybridized carbons (Fsp3) is 0.400. The quantitative estimate of drug-likeness (QED) is 0.793. The molecule has 0 saturated heterocycles. The molecule has 2 N–H and O–H groups in total. The first kappa shape index (κ1) is 17.4. The second kappa shape index (κ2) is 8.02. The highest BCUT2D eigenvalue weighted by Gasteiger charge is 2.07. The van der Waals surface area contributed by atoms with Crippen molar-refractivity contribution in [2.45, 2.75) is 39.8 Å². The molecule has 0 aliphatic carbocycles. The summed E-state index contributed by atoms with van der Waals surface area (Å²) in [7, 11) is 1.55. The van der Waals surface area contributed by atoms with Crippen LogP contribution in [0, 0.1) is 5.92 Å². The summed E-state index contributed by atoms with van der Waals surface area (Å²) < 4.78 is 5.06. The summed E-state index contributed by atoms with van der Waals surface area (Å²) in [6.07, 6.45) is 1.12. The van der Waals surface area contributed by atoms with Gasteiger partial charge in [0.15, 0.2) is 11.5 Å². The first-order valence-electron chi connectivity index (χ1n) is 8.17. The zero-order chi connectivity index (χ0) is 16.8. The Hall–Kier alpha value is -2.00. The molecule has 0 bridgehead atoms. The molecule has 2 aromatic carbocycles. The number of benzene rings is 2. The Kier molecular flexibility index (Phi) is 6.05. The highest BCUT2D eigenvalue weighted by Crippen LogP contribution is 2.26. The minimum atomic E-state index is 0.178. The molecule has 0 aliphatic heterocycles. The van der Waals surface area contributed by atoms with Gasteiger partial charge in [-0.15, -0.1) is 0 Å². The van der Waals surface area contributed by atoms with Crippen molar-refractivity contribution in [1.29, 1.82) is 0 Å². The summed E-state index contributed by atoms with van der Waals surface area (Å²) in [5.41, 5.74) is 3.69. The van der Waals surface area contributed by atoms with Crippen molar-refractivity contribution in [2.24, 2.45) is 5.92 Å². The van der Waals surface area contributed by atoms with Crippen LogP contribution >= 0.6 is 0 Å². The number of phenolic OH excluding ortho intramolecular Hbond substituents is 1. The first-order valence-corrected chi connectivity index (χ1v) is 8.17. The lowest BCUT2D eigenvalue weighted by Crippen LogP contribution is -2.18. The second-order valence-corrected chi connectivity index (χ2v) is 6.45. The molecule has 1 atom stereocenters. The van der Waals surface area contributed by atoms with Crippen molar-refractivity contribution in [1.82, 2.24) is 5.32 Å². The molecule has 124 valence electrons. The van der Waals surface area contributed by atoms with Gasteiger partial charge in [-0.1, -0.05) is 44.2 Å². The third-order valence-electron chi connectivity index (χ3n) is 3.98. The van der Waals surface area contributed by atoms with Crippen LogP contribution in [0.4, 0.5) is 0 Å². The molecule has 23 heavy (non-hydrogen) atoms. The maximum absolute atomic E-state index is 9.82. The Morgan fingerprint density at radius 1 is 1.00 bits per heavy atom. The minimum absolute atomic E-state index is 0.178. The Morgan fingerprint density at radius 3 is 2.22 bits per heavy atom. The maximum Gasteiger partial charge on any atom is 0.160 e. The smallest absolute Gasteiger partial charge is 0.160 e. The normalized spacial score (nSPS) is 12.4. The van der Waals surface area contributed by atoms with Gasteiger partial charge in [-0.05, 0) is 48.1 Å². The summed E-state index contributed by atoms with van der Waals surface area (Å²) in [5, 5.41) is 13.3. The van der Waals surface area contributed by atoms with Gasteiger partial charge >= 0.3 is 0 Å². The van der Waals surface area contributed by atoms with Crippen LogP contribution in [0.1, 0.15) is 43.5 Å². The van der Waals surface area contributed by atoms with E-state index in [0.29, 0.717) is 18.2 Å². The van der Waals surface area contributed by atoms with Crippen LogP contribution in [-0.2, 0) is 13.0 Å². The summed E-state index contributed by atoms with van der Waals surface area (Å²) in [6.45, 7) is 7.33. The van der Waals surface area contributed by atoms with Crippen LogP contribution in [0.15, 0.2) is 42.5 Å². The van der Waals surface area contributed by atoms with Gasteiger partial charge in [-0.3, -0.25) is 0 Å². The summed E-state index contributed by atoms with van der Waals surface area (Å²) in [5.74, 6) is 1.36. The molecule has 2 aromatic rings. The van der Waals surface area contributed by atoms with E-state index in [1.165, 1.54) is 11.1 Å². The summed E-state index contributed by atoms with van der Waals surface area (Å²) >= 11 is 0. The van der Waals surface area contributed by atoms with Gasteiger partial charge in [0, 0.05) is 12.6 Å². The zero-order valence-corrected chi connectivity index (χ0v) is 14.5. The van der Waals surface area contributed by atoms with E-state index in [9.17, 15) is 5.11 Å². The van der Waals surface area contributed by atoms with E-state index in [4.69, 9.17) is 4.74 Å². The van der Waals surface area contributed by atoms with Crippen LogP contribution in [0.2, 0.25) is 0 Å². The molecule has 0 saturated carbocycles. The highest BCUT2D eigenvalue weighted by molar-refractivity contribution is 5.41. The van der Waals surface area contributed by atoms with E-state index in [1.54, 1.807) is 19.2 Å². The molecule has 0 radical (unpaired) electrons. The monoisotopic (exact) mass is 313 g/mol. The fourth-order valence-electron chi connectivity index (χ4n) is 2.65. The lowest BCUT2D eigenvalue weighted by atomic mass is 10.00. The van der Waals surface area contributed by atoms with Crippen LogP contribution in [0.3, 0.4) is 0 Å². The molecule has 0 heterocycles. The van der Waals surface area contributed by atoms with E-state index in [-0.39, 0.29) is 11.8 Å². The number of hydrogen-bond acceptors (Lipinski definition) is 3. The highest BCUT2D eigenvalue weighted by atomic mass is 16.5. The standard InChI is InChI=1S/C20H27NO2/c1-14(2)11-16-5-8-18(9-6-16)15(3)21-13-17-7-10-20(23-4)19(22)12-17/h5-10,12,14-15,21-22H,11,13H2,1-4H3. The number of methoxy groups -OCH3 is 1. The molecule has 0 fully saturated rings. The van der Waals surface area contributed by atoms with Gasteiger partial charge in [-0.25, -0.2) is 0 Å². The van der Waals surface area contributed by atoms with Gasteiger partial charge in [0.2, 0.25) is 0 Å². The van der Waals surface area contributed by atoms with Crippen LogP contribution in [-0.4, -0.2) is 12.2 Å². The zero-order valence-electron chi connectivity index (χ0n) is 14.5. The molecule has 0 spiro atoms. The van der Waals surface area contributed by atoms with Crippen molar-refractivity contribution in [2.75, 3.05) is 7.11 Å². The van der Waals surface area contributed by atoms with Crippen molar-refractivity contribution >= 4 is 0 Å². The lowest BCUT2D eigenvalue weighted by Gasteiger charge is -2.16. The first-order chi connectivity index (χ1) is 11.0. The van der Waals surface area contributed by atoms with Gasteiger partial charge in [-0.2, -0.15) is 0 Å². The molecule has 2 rings (SSSR count). The van der Waals surface area contributed by atoms with E-state index in [2.05, 4.69) is 50.4 Å². The van der Waals surface area contributed by atoms with Gasteiger partial charge in [0.1, 0.15) is 0 Å². The topological polar surface area (TPSA) is 41.5 Å². The van der Waals surface area contributed by atoms with Gasteiger partial charge < -0.3 is 15.2 Å². The molecule has 1 unspecified atom stereocenters. The number of ether oxygens (including phenoxy) is 1. The Bertz CT molecular complexity index is 620. The lowest BCUT2D eigenvalue weighted by molar-refractivity contribution is 0.373. The van der Waals surface area contributed by atoms with Crippen LogP contribution in [0.25, 0.3) is 0 Å². The Labute approximate surface area is 139 Å². The maximum atomic E-state index is 9.82. The number of aromatic hydroxyl groups is 1. The van der Waals surface area contributed by atoms with Crippen LogP contribution in [0.5, 0.6) is 11.5 Å². The SMILES string of the molecule is COc1ccc(CNC(C)c2ccc(CC(C)C)cc2)cc1O. The molecular formula is C20H27NO2. The van der Waals surface area contributed by atoms with Gasteiger partial charge in [0.05, 0.1) is 7.11 Å². The van der Waals surface area contributed by atoms with E-state index >= 15 is 0 Å². The molecule has 0 aliphatic rings. The number of hydrogen-bond donors (Lipinski definition) is 2. The average molecular weight is 313 g/mol. The van der Waals surface area contributed by atoms with Crippen molar-refractivity contribution in [3.05, 3.63) is 59.2 Å². The Balaban J connectivity index is 1.93. The van der Waals surface area contributed by atoms with E-state index < -0.39 is 0 Å².